The van der Waals surface area contributed by atoms with Gasteiger partial charge >= 0.3 is 0 Å². The van der Waals surface area contributed by atoms with Gasteiger partial charge in [0.2, 0.25) is 5.91 Å². The summed E-state index contributed by atoms with van der Waals surface area (Å²) in [5.74, 6) is 0.144. The van der Waals surface area contributed by atoms with Crippen LogP contribution in [0.25, 0.3) is 0 Å². The van der Waals surface area contributed by atoms with E-state index in [2.05, 4.69) is 6.07 Å². The standard InChI is InChI=1S/C26H23ClN2O2/c1-3-28(2)24(30)18-7-6-8-20(15-18)29-23-10-5-4-9-21(23)26(25(29)31)16-22(26)17-11-13-19(27)14-12-17/h4-15,22H,3,16H2,1-2H3/t22-,26+/m0/s1. The maximum absolute atomic E-state index is 13.9. The summed E-state index contributed by atoms with van der Waals surface area (Å²) in [5.41, 5.74) is 3.84. The Morgan fingerprint density at radius 1 is 1.10 bits per heavy atom. The maximum Gasteiger partial charge on any atom is 0.253 e. The van der Waals surface area contributed by atoms with Crippen molar-refractivity contribution in [3.63, 3.8) is 0 Å². The van der Waals surface area contributed by atoms with Crippen molar-refractivity contribution < 1.29 is 9.59 Å². The van der Waals surface area contributed by atoms with Crippen LogP contribution in [0.1, 0.15) is 40.7 Å². The van der Waals surface area contributed by atoms with Crippen molar-refractivity contribution in [2.24, 2.45) is 0 Å². The summed E-state index contributed by atoms with van der Waals surface area (Å²) in [6.45, 7) is 2.57. The number of carbonyl (C=O) groups excluding carboxylic acids is 2. The second-order valence-electron chi connectivity index (χ2n) is 8.31. The highest BCUT2D eigenvalue weighted by Crippen LogP contribution is 2.67. The van der Waals surface area contributed by atoms with Crippen LogP contribution in [0.4, 0.5) is 11.4 Å². The molecule has 1 saturated carbocycles. The molecule has 2 amide bonds. The van der Waals surface area contributed by atoms with E-state index in [1.807, 2.05) is 67.6 Å². The lowest BCUT2D eigenvalue weighted by Crippen LogP contribution is -2.30. The molecule has 2 atom stereocenters. The lowest BCUT2D eigenvalue weighted by atomic mass is 9.92. The Balaban J connectivity index is 1.56. The predicted molar refractivity (Wildman–Crippen MR) is 123 cm³/mol. The Kier molecular flexibility index (Phi) is 4.63. The first-order valence-corrected chi connectivity index (χ1v) is 10.9. The van der Waals surface area contributed by atoms with Crippen LogP contribution in [-0.2, 0) is 10.2 Å². The van der Waals surface area contributed by atoms with E-state index in [0.29, 0.717) is 17.1 Å². The van der Waals surface area contributed by atoms with E-state index in [0.717, 1.165) is 28.9 Å². The molecule has 5 rings (SSSR count). The van der Waals surface area contributed by atoms with E-state index >= 15 is 0 Å². The molecular weight excluding hydrogens is 408 g/mol. The molecular formula is C26H23ClN2O2. The van der Waals surface area contributed by atoms with E-state index in [1.54, 1.807) is 22.9 Å². The van der Waals surface area contributed by atoms with Crippen LogP contribution < -0.4 is 4.90 Å². The average Bonchev–Trinajstić information content (AvgIpc) is 3.50. The van der Waals surface area contributed by atoms with Gasteiger partial charge in [-0.15, -0.1) is 0 Å². The second kappa shape index (κ2) is 7.24. The molecule has 0 saturated heterocycles. The largest absolute Gasteiger partial charge is 0.342 e. The molecule has 1 aliphatic carbocycles. The van der Waals surface area contributed by atoms with Gasteiger partial charge in [-0.2, -0.15) is 0 Å². The third kappa shape index (κ3) is 2.97. The number of carbonyl (C=O) groups is 2. The molecule has 0 aromatic heterocycles. The average molecular weight is 431 g/mol. The van der Waals surface area contributed by atoms with Gasteiger partial charge in [-0.05, 0) is 60.9 Å². The number of fused-ring (bicyclic) bond motifs is 2. The van der Waals surface area contributed by atoms with Crippen molar-refractivity contribution >= 4 is 34.8 Å². The number of nitrogens with zero attached hydrogens (tertiary/aromatic N) is 2. The summed E-state index contributed by atoms with van der Waals surface area (Å²) in [6.07, 6.45) is 0.776. The third-order valence-electron chi connectivity index (χ3n) is 6.62. The minimum Gasteiger partial charge on any atom is -0.342 e. The monoisotopic (exact) mass is 430 g/mol. The minimum atomic E-state index is -0.551. The lowest BCUT2D eigenvalue weighted by Gasteiger charge is -2.20. The van der Waals surface area contributed by atoms with Gasteiger partial charge in [0.15, 0.2) is 0 Å². The van der Waals surface area contributed by atoms with Gasteiger partial charge in [0, 0.05) is 35.8 Å². The highest BCUT2D eigenvalue weighted by molar-refractivity contribution is 6.30. The Bertz CT molecular complexity index is 1190. The van der Waals surface area contributed by atoms with Crippen molar-refractivity contribution in [1.29, 1.82) is 0 Å². The van der Waals surface area contributed by atoms with Crippen molar-refractivity contribution in [3.8, 4) is 0 Å². The fraction of sp³-hybridized carbons (Fsp3) is 0.231. The SMILES string of the molecule is CCN(C)C(=O)c1cccc(N2C(=O)[C@]3(C[C@H]3c3ccc(Cl)cc3)c3ccccc32)c1. The number of para-hydroxylation sites is 1. The van der Waals surface area contributed by atoms with Crippen LogP contribution in [0.2, 0.25) is 5.02 Å². The predicted octanol–water partition coefficient (Wildman–Crippen LogP) is 5.54. The fourth-order valence-electron chi connectivity index (χ4n) is 4.76. The Morgan fingerprint density at radius 3 is 2.58 bits per heavy atom. The van der Waals surface area contributed by atoms with Crippen molar-refractivity contribution in [1.82, 2.24) is 4.90 Å². The van der Waals surface area contributed by atoms with Crippen LogP contribution in [0.5, 0.6) is 0 Å². The maximum atomic E-state index is 13.9. The molecule has 1 heterocycles. The van der Waals surface area contributed by atoms with Gasteiger partial charge < -0.3 is 4.90 Å². The highest BCUT2D eigenvalue weighted by atomic mass is 35.5. The quantitative estimate of drug-likeness (QED) is 0.545. The number of halogens is 1. The molecule has 5 heteroatoms. The second-order valence-corrected chi connectivity index (χ2v) is 8.74. The molecule has 2 aliphatic rings. The third-order valence-corrected chi connectivity index (χ3v) is 6.87. The first-order valence-electron chi connectivity index (χ1n) is 10.5. The van der Waals surface area contributed by atoms with Gasteiger partial charge in [0.1, 0.15) is 0 Å². The van der Waals surface area contributed by atoms with Crippen LogP contribution in [0.15, 0.2) is 72.8 Å². The smallest absolute Gasteiger partial charge is 0.253 e. The van der Waals surface area contributed by atoms with Crippen LogP contribution in [0.3, 0.4) is 0 Å². The molecule has 0 unspecified atom stereocenters. The number of hydrogen-bond acceptors (Lipinski definition) is 2. The zero-order valence-corrected chi connectivity index (χ0v) is 18.3. The zero-order valence-electron chi connectivity index (χ0n) is 17.5. The van der Waals surface area contributed by atoms with E-state index < -0.39 is 5.41 Å². The molecule has 3 aromatic carbocycles. The Hall–Kier alpha value is -3.11. The van der Waals surface area contributed by atoms with Gasteiger partial charge in [-0.3, -0.25) is 14.5 Å². The Morgan fingerprint density at radius 2 is 1.84 bits per heavy atom. The molecule has 3 aromatic rings. The first-order chi connectivity index (χ1) is 15.0. The normalized spacial score (nSPS) is 21.3. The summed E-state index contributed by atoms with van der Waals surface area (Å²) in [5, 5.41) is 0.691. The topological polar surface area (TPSA) is 40.6 Å². The number of anilines is 2. The van der Waals surface area contributed by atoms with E-state index in [1.165, 1.54) is 0 Å². The Labute approximate surface area is 187 Å². The molecule has 1 spiro atoms. The fourth-order valence-corrected chi connectivity index (χ4v) is 4.89. The van der Waals surface area contributed by atoms with E-state index in [4.69, 9.17) is 11.6 Å². The van der Waals surface area contributed by atoms with E-state index in [-0.39, 0.29) is 17.7 Å². The van der Waals surface area contributed by atoms with Gasteiger partial charge in [0.25, 0.3) is 5.91 Å². The summed E-state index contributed by atoms with van der Waals surface area (Å²) in [4.78, 5) is 30.0. The summed E-state index contributed by atoms with van der Waals surface area (Å²) in [6, 6.07) is 23.1. The molecule has 1 fully saturated rings. The lowest BCUT2D eigenvalue weighted by molar-refractivity contribution is -0.119. The minimum absolute atomic E-state index is 0.0514. The number of rotatable bonds is 4. The highest BCUT2D eigenvalue weighted by Gasteiger charge is 2.67. The molecule has 31 heavy (non-hydrogen) atoms. The molecule has 4 nitrogen and oxygen atoms in total. The van der Waals surface area contributed by atoms with Crippen LogP contribution >= 0.6 is 11.6 Å². The van der Waals surface area contributed by atoms with Gasteiger partial charge in [-0.1, -0.05) is 48.0 Å². The molecule has 1 aliphatic heterocycles. The van der Waals surface area contributed by atoms with Crippen molar-refractivity contribution in [3.05, 3.63) is 94.5 Å². The number of hydrogen-bond donors (Lipinski definition) is 0. The van der Waals surface area contributed by atoms with Gasteiger partial charge in [0.05, 0.1) is 11.1 Å². The molecule has 156 valence electrons. The zero-order chi connectivity index (χ0) is 21.8. The first kappa shape index (κ1) is 19.8. The van der Waals surface area contributed by atoms with Crippen LogP contribution in [0, 0.1) is 0 Å². The van der Waals surface area contributed by atoms with Gasteiger partial charge in [-0.25, -0.2) is 0 Å². The number of amides is 2. The van der Waals surface area contributed by atoms with Crippen LogP contribution in [-0.4, -0.2) is 30.3 Å². The van der Waals surface area contributed by atoms with E-state index in [9.17, 15) is 9.59 Å². The molecule has 0 radical (unpaired) electrons. The molecule has 0 bridgehead atoms. The summed E-state index contributed by atoms with van der Waals surface area (Å²) < 4.78 is 0. The number of benzene rings is 3. The molecule has 0 N–H and O–H groups in total. The summed E-state index contributed by atoms with van der Waals surface area (Å²) in [7, 11) is 1.78. The van der Waals surface area contributed by atoms with Crippen molar-refractivity contribution in [2.45, 2.75) is 24.7 Å². The van der Waals surface area contributed by atoms with Crippen molar-refractivity contribution in [2.75, 3.05) is 18.5 Å². The summed E-state index contributed by atoms with van der Waals surface area (Å²) >= 11 is 6.07.